The Labute approximate surface area is 99.7 Å². The molecule has 0 spiro atoms. The highest BCUT2D eigenvalue weighted by Crippen LogP contribution is 2.39. The van der Waals surface area contributed by atoms with E-state index in [0.29, 0.717) is 12.8 Å². The first-order valence-corrected chi connectivity index (χ1v) is 6.53. The zero-order valence-electron chi connectivity index (χ0n) is 9.53. The monoisotopic (exact) mass is 246 g/mol. The maximum Gasteiger partial charge on any atom is 0.319 e. The number of ether oxygens (including phenoxy) is 1. The van der Waals surface area contributed by atoms with Crippen molar-refractivity contribution in [1.29, 1.82) is 0 Å². The van der Waals surface area contributed by atoms with Gasteiger partial charge in [0.2, 0.25) is 0 Å². The molecular formula is C11H18O4S. The number of hydrogen-bond donors (Lipinski definition) is 1. The number of methoxy groups -OCH3 is 1. The van der Waals surface area contributed by atoms with E-state index in [4.69, 9.17) is 0 Å². The zero-order valence-corrected chi connectivity index (χ0v) is 10.3. The largest absolute Gasteiger partial charge is 0.480 e. The first kappa shape index (κ1) is 13.4. The summed E-state index contributed by atoms with van der Waals surface area (Å²) in [5, 5.41) is 9.33. The Hall–Kier alpha value is -0.710. The van der Waals surface area contributed by atoms with Crippen molar-refractivity contribution < 1.29 is 19.4 Å². The molecule has 16 heavy (non-hydrogen) atoms. The summed E-state index contributed by atoms with van der Waals surface area (Å²) in [6.07, 6.45) is 5.36. The Kier molecular flexibility index (Phi) is 5.12. The number of thioether (sulfide) groups is 1. The minimum Gasteiger partial charge on any atom is -0.480 e. The Balaban J connectivity index is 2.63. The van der Waals surface area contributed by atoms with Gasteiger partial charge in [0.05, 0.1) is 12.9 Å². The van der Waals surface area contributed by atoms with Crippen LogP contribution in [0.3, 0.4) is 0 Å². The van der Waals surface area contributed by atoms with Crippen LogP contribution in [0, 0.1) is 0 Å². The summed E-state index contributed by atoms with van der Waals surface area (Å²) in [4.78, 5) is 22.4. The van der Waals surface area contributed by atoms with Crippen LogP contribution in [0.25, 0.3) is 0 Å². The van der Waals surface area contributed by atoms with Crippen LogP contribution >= 0.6 is 11.8 Å². The van der Waals surface area contributed by atoms with Crippen molar-refractivity contribution in [3.05, 3.63) is 0 Å². The molecule has 0 aromatic carbocycles. The summed E-state index contributed by atoms with van der Waals surface area (Å²) in [6.45, 7) is 0. The van der Waals surface area contributed by atoms with Crippen LogP contribution in [0.2, 0.25) is 0 Å². The molecule has 0 heterocycles. The molecule has 1 rings (SSSR count). The van der Waals surface area contributed by atoms with Gasteiger partial charge in [-0.25, -0.2) is 0 Å². The van der Waals surface area contributed by atoms with Crippen molar-refractivity contribution in [2.75, 3.05) is 12.9 Å². The Bertz CT molecular complexity index is 257. The number of carbonyl (C=O) groups is 2. The number of rotatable bonds is 4. The second-order valence-corrected chi connectivity index (χ2v) is 5.44. The predicted molar refractivity (Wildman–Crippen MR) is 62.5 cm³/mol. The highest BCUT2D eigenvalue weighted by molar-refractivity contribution is 8.02. The molecule has 0 amide bonds. The van der Waals surface area contributed by atoms with E-state index in [1.165, 1.54) is 18.9 Å². The molecule has 1 saturated carbocycles. The number of carboxylic acid groups (broad SMARTS) is 1. The summed E-state index contributed by atoms with van der Waals surface area (Å²) in [5.74, 6) is -1.01. The van der Waals surface area contributed by atoms with Gasteiger partial charge in [0.1, 0.15) is 4.75 Å². The molecule has 0 atom stereocenters. The highest BCUT2D eigenvalue weighted by Gasteiger charge is 2.39. The number of esters is 1. The van der Waals surface area contributed by atoms with Crippen molar-refractivity contribution in [3.8, 4) is 0 Å². The number of carboxylic acids is 1. The minimum atomic E-state index is -0.789. The van der Waals surface area contributed by atoms with Gasteiger partial charge in [-0.15, -0.1) is 11.8 Å². The molecule has 0 aromatic rings. The minimum absolute atomic E-state index is 0.128. The predicted octanol–water partition coefficient (Wildman–Crippen LogP) is 2.07. The normalized spacial score (nSPS) is 19.8. The van der Waals surface area contributed by atoms with Crippen LogP contribution in [0.1, 0.15) is 38.5 Å². The molecule has 92 valence electrons. The van der Waals surface area contributed by atoms with Crippen LogP contribution in [0.5, 0.6) is 0 Å². The fourth-order valence-electron chi connectivity index (χ4n) is 1.98. The Morgan fingerprint density at radius 1 is 1.25 bits per heavy atom. The van der Waals surface area contributed by atoms with Crippen LogP contribution in [0.4, 0.5) is 0 Å². The number of carbonyl (C=O) groups excluding carboxylic acids is 1. The van der Waals surface area contributed by atoms with E-state index in [-0.39, 0.29) is 11.7 Å². The second kappa shape index (κ2) is 6.13. The molecule has 0 saturated heterocycles. The Morgan fingerprint density at radius 3 is 2.25 bits per heavy atom. The summed E-state index contributed by atoms with van der Waals surface area (Å²) in [6, 6.07) is 0. The van der Waals surface area contributed by atoms with Gasteiger partial charge in [-0.3, -0.25) is 9.59 Å². The second-order valence-electron chi connectivity index (χ2n) is 4.08. The molecule has 1 aliphatic rings. The topological polar surface area (TPSA) is 63.6 Å². The van der Waals surface area contributed by atoms with Crippen molar-refractivity contribution in [2.24, 2.45) is 0 Å². The van der Waals surface area contributed by atoms with Gasteiger partial charge in [0.15, 0.2) is 0 Å². The fraction of sp³-hybridized carbons (Fsp3) is 0.818. The van der Waals surface area contributed by atoms with E-state index < -0.39 is 10.7 Å². The summed E-state index contributed by atoms with van der Waals surface area (Å²) >= 11 is 1.22. The molecule has 1 aliphatic carbocycles. The average molecular weight is 246 g/mol. The van der Waals surface area contributed by atoms with Crippen molar-refractivity contribution >= 4 is 23.7 Å². The molecular weight excluding hydrogens is 228 g/mol. The third-order valence-corrected chi connectivity index (χ3v) is 4.51. The first-order chi connectivity index (χ1) is 7.60. The molecule has 0 radical (unpaired) electrons. The molecule has 5 heteroatoms. The van der Waals surface area contributed by atoms with Crippen LogP contribution < -0.4 is 0 Å². The average Bonchev–Trinajstić information content (AvgIpc) is 2.52. The first-order valence-electron chi connectivity index (χ1n) is 5.55. The van der Waals surface area contributed by atoms with Gasteiger partial charge in [0, 0.05) is 0 Å². The van der Waals surface area contributed by atoms with Gasteiger partial charge in [-0.05, 0) is 12.8 Å². The van der Waals surface area contributed by atoms with E-state index in [9.17, 15) is 14.7 Å². The van der Waals surface area contributed by atoms with Crippen LogP contribution in [-0.4, -0.2) is 34.7 Å². The highest BCUT2D eigenvalue weighted by atomic mass is 32.2. The van der Waals surface area contributed by atoms with Gasteiger partial charge < -0.3 is 9.84 Å². The quantitative estimate of drug-likeness (QED) is 0.607. The third kappa shape index (κ3) is 3.40. The van der Waals surface area contributed by atoms with Crippen molar-refractivity contribution in [1.82, 2.24) is 0 Å². The van der Waals surface area contributed by atoms with Crippen molar-refractivity contribution in [2.45, 2.75) is 43.3 Å². The van der Waals surface area contributed by atoms with E-state index in [0.717, 1.165) is 25.7 Å². The smallest absolute Gasteiger partial charge is 0.319 e. The lowest BCUT2D eigenvalue weighted by atomic mass is 9.99. The summed E-state index contributed by atoms with van der Waals surface area (Å²) < 4.78 is 3.77. The van der Waals surface area contributed by atoms with Crippen LogP contribution in [-0.2, 0) is 14.3 Å². The van der Waals surface area contributed by atoms with Gasteiger partial charge >= 0.3 is 11.9 Å². The zero-order chi connectivity index (χ0) is 12.0. The van der Waals surface area contributed by atoms with E-state index in [1.54, 1.807) is 0 Å². The fourth-order valence-corrected chi connectivity index (χ4v) is 3.19. The van der Waals surface area contributed by atoms with Crippen molar-refractivity contribution in [3.63, 3.8) is 0 Å². The molecule has 0 aliphatic heterocycles. The van der Waals surface area contributed by atoms with E-state index in [1.807, 2.05) is 0 Å². The molecule has 0 aromatic heterocycles. The third-order valence-electron chi connectivity index (χ3n) is 2.99. The van der Waals surface area contributed by atoms with Gasteiger partial charge in [-0.1, -0.05) is 25.7 Å². The number of hydrogen-bond acceptors (Lipinski definition) is 4. The Morgan fingerprint density at radius 2 is 1.81 bits per heavy atom. The lowest BCUT2D eigenvalue weighted by Gasteiger charge is -2.26. The summed E-state index contributed by atoms with van der Waals surface area (Å²) in [7, 11) is 1.32. The maximum atomic E-state index is 11.4. The molecule has 1 N–H and O–H groups in total. The summed E-state index contributed by atoms with van der Waals surface area (Å²) in [5.41, 5.74) is 0. The molecule has 1 fully saturated rings. The SMILES string of the molecule is COC(=O)CSC1(C(=O)O)CCCCCC1. The van der Waals surface area contributed by atoms with E-state index in [2.05, 4.69) is 4.74 Å². The number of aliphatic carboxylic acids is 1. The van der Waals surface area contributed by atoms with Crippen LogP contribution in [0.15, 0.2) is 0 Å². The maximum absolute atomic E-state index is 11.4. The lowest BCUT2D eigenvalue weighted by molar-refractivity contribution is -0.140. The van der Waals surface area contributed by atoms with Gasteiger partial charge in [-0.2, -0.15) is 0 Å². The lowest BCUT2D eigenvalue weighted by Crippen LogP contribution is -2.35. The molecule has 0 unspecified atom stereocenters. The molecule has 0 bridgehead atoms. The molecule has 4 nitrogen and oxygen atoms in total. The van der Waals surface area contributed by atoms with Gasteiger partial charge in [0.25, 0.3) is 0 Å². The standard InChI is InChI=1S/C11H18O4S/c1-15-9(12)8-16-11(10(13)14)6-4-2-3-5-7-11/h2-8H2,1H3,(H,13,14). The van der Waals surface area contributed by atoms with E-state index >= 15 is 0 Å².